The van der Waals surface area contributed by atoms with E-state index in [0.717, 1.165) is 45.8 Å². The summed E-state index contributed by atoms with van der Waals surface area (Å²) in [6.07, 6.45) is 0. The first kappa shape index (κ1) is 13.3. The maximum absolute atomic E-state index is 9.24. The van der Waals surface area contributed by atoms with Crippen LogP contribution in [-0.2, 0) is 6.54 Å². The molecule has 2 N–H and O–H groups in total. The number of nitrogens with one attached hydrogen (secondary N) is 1. The Hall–Kier alpha value is -1.10. The number of aromatic hydroxyl groups is 1. The lowest BCUT2D eigenvalue weighted by molar-refractivity contribution is 0.202. The van der Waals surface area contributed by atoms with Crippen LogP contribution < -0.4 is 5.32 Å². The molecule has 0 atom stereocenters. The van der Waals surface area contributed by atoms with Gasteiger partial charge in [0.25, 0.3) is 0 Å². The molecule has 0 bridgehead atoms. The largest absolute Gasteiger partial charge is 0.508 e. The molecule has 0 aliphatic carbocycles. The predicted octanol–water partition coefficient (Wildman–Crippen LogP) is 0.729. The minimum Gasteiger partial charge on any atom is -0.508 e. The van der Waals surface area contributed by atoms with Crippen LogP contribution in [0.15, 0.2) is 24.3 Å². The van der Waals surface area contributed by atoms with Gasteiger partial charge in [0.15, 0.2) is 0 Å². The first-order valence-electron chi connectivity index (χ1n) is 6.63. The lowest BCUT2D eigenvalue weighted by Gasteiger charge is -2.29. The highest BCUT2D eigenvalue weighted by atomic mass is 16.3. The van der Waals surface area contributed by atoms with Crippen molar-refractivity contribution in [3.05, 3.63) is 29.8 Å². The van der Waals surface area contributed by atoms with Gasteiger partial charge in [-0.1, -0.05) is 12.1 Å². The fraction of sp³-hybridized carbons (Fsp3) is 0.571. The third-order valence-corrected chi connectivity index (χ3v) is 3.40. The number of hydrogen-bond donors (Lipinski definition) is 2. The van der Waals surface area contributed by atoms with Gasteiger partial charge in [-0.05, 0) is 24.7 Å². The summed E-state index contributed by atoms with van der Waals surface area (Å²) in [5, 5.41) is 12.6. The van der Waals surface area contributed by atoms with Crippen LogP contribution in [0, 0.1) is 0 Å². The van der Waals surface area contributed by atoms with E-state index < -0.39 is 0 Å². The van der Waals surface area contributed by atoms with Crippen LogP contribution in [-0.4, -0.2) is 61.2 Å². The molecule has 0 spiro atoms. The lowest BCUT2D eigenvalue weighted by Crippen LogP contribution is -2.45. The average molecular weight is 249 g/mol. The Morgan fingerprint density at radius 3 is 2.56 bits per heavy atom. The van der Waals surface area contributed by atoms with Gasteiger partial charge in [0.05, 0.1) is 0 Å². The van der Waals surface area contributed by atoms with Crippen molar-refractivity contribution < 1.29 is 5.11 Å². The Labute approximate surface area is 109 Å². The van der Waals surface area contributed by atoms with Gasteiger partial charge < -0.3 is 15.3 Å². The molecule has 1 aromatic rings. The summed E-state index contributed by atoms with van der Waals surface area (Å²) in [5.41, 5.74) is 1.25. The molecule has 1 fully saturated rings. The third-order valence-electron chi connectivity index (χ3n) is 3.40. The Morgan fingerprint density at radius 2 is 1.89 bits per heavy atom. The molecular formula is C14H23N3O. The van der Waals surface area contributed by atoms with Crippen molar-refractivity contribution in [1.29, 1.82) is 0 Å². The summed E-state index contributed by atoms with van der Waals surface area (Å²) in [7, 11) is 2.15. The number of rotatable bonds is 5. The molecule has 4 nitrogen and oxygen atoms in total. The summed E-state index contributed by atoms with van der Waals surface area (Å²) >= 11 is 0. The molecule has 0 aromatic heterocycles. The van der Waals surface area contributed by atoms with Gasteiger partial charge in [-0.15, -0.1) is 0 Å². The van der Waals surface area contributed by atoms with Crippen molar-refractivity contribution in [2.45, 2.75) is 6.54 Å². The zero-order chi connectivity index (χ0) is 12.8. The molecule has 18 heavy (non-hydrogen) atoms. The van der Waals surface area contributed by atoms with Gasteiger partial charge in [0.1, 0.15) is 5.75 Å². The summed E-state index contributed by atoms with van der Waals surface area (Å²) < 4.78 is 0. The van der Waals surface area contributed by atoms with Gasteiger partial charge in [-0.2, -0.15) is 0 Å². The number of phenols is 1. The highest BCUT2D eigenvalue weighted by Gasteiger charge is 2.10. The van der Waals surface area contributed by atoms with E-state index in [0.29, 0.717) is 5.75 Å². The van der Waals surface area contributed by atoms with Crippen LogP contribution in [0.5, 0.6) is 5.75 Å². The van der Waals surface area contributed by atoms with E-state index in [1.54, 1.807) is 12.1 Å². The fourth-order valence-electron chi connectivity index (χ4n) is 2.24. The van der Waals surface area contributed by atoms with E-state index in [9.17, 15) is 5.11 Å². The van der Waals surface area contributed by atoms with Crippen molar-refractivity contribution in [2.24, 2.45) is 0 Å². The molecule has 0 saturated carbocycles. The van der Waals surface area contributed by atoms with Crippen LogP contribution in [0.3, 0.4) is 0 Å². The van der Waals surface area contributed by atoms with Crippen molar-refractivity contribution in [2.75, 3.05) is 46.3 Å². The van der Waals surface area contributed by atoms with E-state index in [-0.39, 0.29) is 0 Å². The molecule has 1 heterocycles. The Bertz CT molecular complexity index is 347. The Kier molecular flexibility index (Phi) is 4.99. The number of phenolic OH excluding ortho intramolecular Hbond substituents is 1. The smallest absolute Gasteiger partial charge is 0.115 e. The van der Waals surface area contributed by atoms with Crippen molar-refractivity contribution in [3.8, 4) is 5.75 Å². The molecule has 0 unspecified atom stereocenters. The minimum atomic E-state index is 0.335. The molecule has 1 aliphatic heterocycles. The zero-order valence-electron chi connectivity index (χ0n) is 11.1. The van der Waals surface area contributed by atoms with E-state index in [1.165, 1.54) is 5.56 Å². The summed E-state index contributed by atoms with van der Waals surface area (Å²) in [5.74, 6) is 0.335. The van der Waals surface area contributed by atoms with Gasteiger partial charge in [-0.3, -0.25) is 4.90 Å². The van der Waals surface area contributed by atoms with Crippen LogP contribution in [0.2, 0.25) is 0 Å². The average Bonchev–Trinajstić information content (AvgIpc) is 2.40. The topological polar surface area (TPSA) is 38.7 Å². The van der Waals surface area contributed by atoms with Crippen LogP contribution in [0.25, 0.3) is 0 Å². The molecule has 1 aliphatic rings. The van der Waals surface area contributed by atoms with Crippen molar-refractivity contribution in [1.82, 2.24) is 15.1 Å². The monoisotopic (exact) mass is 249 g/mol. The molecule has 2 rings (SSSR count). The van der Waals surface area contributed by atoms with Gasteiger partial charge >= 0.3 is 0 Å². The van der Waals surface area contributed by atoms with Gasteiger partial charge in [-0.25, -0.2) is 0 Å². The first-order chi connectivity index (χ1) is 8.74. The number of piperazine rings is 1. The molecule has 1 saturated heterocycles. The molecule has 100 valence electrons. The van der Waals surface area contributed by atoms with Crippen molar-refractivity contribution in [3.63, 3.8) is 0 Å². The number of likely N-dealkylation sites (N-methyl/N-ethyl adjacent to an activating group) is 1. The number of benzene rings is 1. The standard InChI is InChI=1S/C14H23N3O/c1-16(10-11-17-8-6-15-7-9-17)12-13-2-4-14(18)5-3-13/h2-5,15,18H,6-12H2,1H3. The highest BCUT2D eigenvalue weighted by Crippen LogP contribution is 2.10. The molecule has 4 heteroatoms. The summed E-state index contributed by atoms with van der Waals surface area (Å²) in [6, 6.07) is 7.46. The van der Waals surface area contributed by atoms with Gasteiger partial charge in [0.2, 0.25) is 0 Å². The quantitative estimate of drug-likeness (QED) is 0.807. The Morgan fingerprint density at radius 1 is 1.22 bits per heavy atom. The normalized spacial score (nSPS) is 17.2. The van der Waals surface area contributed by atoms with Crippen LogP contribution in [0.1, 0.15) is 5.56 Å². The summed E-state index contributed by atoms with van der Waals surface area (Å²) in [4.78, 5) is 4.83. The van der Waals surface area contributed by atoms with E-state index in [4.69, 9.17) is 0 Å². The van der Waals surface area contributed by atoms with Crippen molar-refractivity contribution >= 4 is 0 Å². The van der Waals surface area contributed by atoms with Gasteiger partial charge in [0, 0.05) is 45.8 Å². The Balaban J connectivity index is 1.71. The van der Waals surface area contributed by atoms with Crippen LogP contribution >= 0.6 is 0 Å². The maximum atomic E-state index is 9.24. The van der Waals surface area contributed by atoms with E-state index >= 15 is 0 Å². The highest BCUT2D eigenvalue weighted by molar-refractivity contribution is 5.25. The lowest BCUT2D eigenvalue weighted by atomic mass is 10.2. The fourth-order valence-corrected chi connectivity index (χ4v) is 2.24. The zero-order valence-corrected chi connectivity index (χ0v) is 11.1. The SMILES string of the molecule is CN(CCN1CCNCC1)Cc1ccc(O)cc1. The number of nitrogens with zero attached hydrogens (tertiary/aromatic N) is 2. The second-order valence-corrected chi connectivity index (χ2v) is 5.00. The minimum absolute atomic E-state index is 0.335. The maximum Gasteiger partial charge on any atom is 0.115 e. The third kappa shape index (κ3) is 4.29. The second kappa shape index (κ2) is 6.73. The van der Waals surface area contributed by atoms with E-state index in [2.05, 4.69) is 22.2 Å². The predicted molar refractivity (Wildman–Crippen MR) is 73.8 cm³/mol. The molecular weight excluding hydrogens is 226 g/mol. The van der Waals surface area contributed by atoms with E-state index in [1.807, 2.05) is 12.1 Å². The molecule has 0 amide bonds. The second-order valence-electron chi connectivity index (χ2n) is 5.00. The summed E-state index contributed by atoms with van der Waals surface area (Å²) in [6.45, 7) is 7.70. The van der Waals surface area contributed by atoms with Crippen LogP contribution in [0.4, 0.5) is 0 Å². The number of hydrogen-bond acceptors (Lipinski definition) is 4. The molecule has 1 aromatic carbocycles. The first-order valence-corrected chi connectivity index (χ1v) is 6.63. The molecule has 0 radical (unpaired) electrons.